The fraction of sp³-hybridized carbons (Fsp3) is 0.312. The van der Waals surface area contributed by atoms with Crippen molar-refractivity contribution in [2.45, 2.75) is 12.8 Å². The number of benzene rings is 1. The van der Waals surface area contributed by atoms with Crippen LogP contribution in [0.1, 0.15) is 22.5 Å². The van der Waals surface area contributed by atoms with Gasteiger partial charge in [0.15, 0.2) is 0 Å². The molecule has 8 heteroatoms. The van der Waals surface area contributed by atoms with E-state index in [1.54, 1.807) is 0 Å². The highest BCUT2D eigenvalue weighted by molar-refractivity contribution is 7.21. The van der Waals surface area contributed by atoms with E-state index in [-0.39, 0.29) is 13.1 Å². The van der Waals surface area contributed by atoms with Crippen LogP contribution in [0, 0.1) is 5.41 Å². The predicted molar refractivity (Wildman–Crippen MR) is 91.5 cm³/mol. The summed E-state index contributed by atoms with van der Waals surface area (Å²) in [6.07, 6.45) is 1.12. The standard InChI is InChI=1S/C16H15ClN2O4S/c17-12-9-3-1-2-4-10(9)24-13(12)14(21)18-7-11(20)19-8-16(5-6-16)15(22)23/h1-4H,5-8H2,(H,18,21)(H,19,20)(H,22,23). The van der Waals surface area contributed by atoms with Crippen LogP contribution in [-0.4, -0.2) is 36.0 Å². The number of thiophene rings is 1. The third-order valence-corrected chi connectivity index (χ3v) is 5.76. The first-order valence-corrected chi connectivity index (χ1v) is 8.58. The summed E-state index contributed by atoms with van der Waals surface area (Å²) in [6.45, 7) is -0.139. The van der Waals surface area contributed by atoms with E-state index >= 15 is 0 Å². The van der Waals surface area contributed by atoms with Crippen molar-refractivity contribution in [2.75, 3.05) is 13.1 Å². The third kappa shape index (κ3) is 3.22. The molecule has 0 aliphatic heterocycles. The first-order chi connectivity index (χ1) is 11.4. The van der Waals surface area contributed by atoms with E-state index in [9.17, 15) is 14.4 Å². The van der Waals surface area contributed by atoms with Gasteiger partial charge in [-0.25, -0.2) is 0 Å². The molecule has 6 nitrogen and oxygen atoms in total. The normalized spacial score (nSPS) is 15.0. The first kappa shape index (κ1) is 16.7. The third-order valence-electron chi connectivity index (χ3n) is 4.08. The van der Waals surface area contributed by atoms with Gasteiger partial charge in [-0.3, -0.25) is 14.4 Å². The molecule has 0 saturated heterocycles. The summed E-state index contributed by atoms with van der Waals surface area (Å²) in [6, 6.07) is 7.40. The zero-order chi connectivity index (χ0) is 17.3. The minimum atomic E-state index is -0.899. The minimum absolute atomic E-state index is 0.0840. The molecule has 24 heavy (non-hydrogen) atoms. The van der Waals surface area contributed by atoms with Crippen LogP contribution in [0.2, 0.25) is 5.02 Å². The summed E-state index contributed by atoms with van der Waals surface area (Å²) in [5.74, 6) is -1.74. The molecule has 0 radical (unpaired) electrons. The average molecular weight is 367 g/mol. The molecular formula is C16H15ClN2O4S. The largest absolute Gasteiger partial charge is 0.481 e. The molecule has 0 atom stereocenters. The van der Waals surface area contributed by atoms with Gasteiger partial charge in [0.1, 0.15) is 4.88 Å². The van der Waals surface area contributed by atoms with Crippen molar-refractivity contribution in [3.8, 4) is 0 Å². The lowest BCUT2D eigenvalue weighted by Crippen LogP contribution is -2.40. The Bertz CT molecular complexity index is 829. The Hall–Kier alpha value is -2.12. The second kappa shape index (κ2) is 6.41. The summed E-state index contributed by atoms with van der Waals surface area (Å²) in [7, 11) is 0. The monoisotopic (exact) mass is 366 g/mol. The smallest absolute Gasteiger partial charge is 0.311 e. The van der Waals surface area contributed by atoms with Gasteiger partial charge in [-0.2, -0.15) is 0 Å². The van der Waals surface area contributed by atoms with Gasteiger partial charge in [-0.05, 0) is 18.9 Å². The van der Waals surface area contributed by atoms with Gasteiger partial charge in [0.05, 0.1) is 17.0 Å². The van der Waals surface area contributed by atoms with E-state index in [0.717, 1.165) is 10.1 Å². The Morgan fingerprint density at radius 1 is 1.21 bits per heavy atom. The summed E-state index contributed by atoms with van der Waals surface area (Å²) in [5, 5.41) is 15.3. The number of carboxylic acid groups (broad SMARTS) is 1. The molecular weight excluding hydrogens is 352 g/mol. The van der Waals surface area contributed by atoms with Gasteiger partial charge in [-0.15, -0.1) is 11.3 Å². The SMILES string of the molecule is O=C(CNC(=O)c1sc2ccccc2c1Cl)NCC1(C(=O)O)CC1. The van der Waals surface area contributed by atoms with Crippen molar-refractivity contribution >= 4 is 50.8 Å². The molecule has 1 aliphatic carbocycles. The Kier molecular flexibility index (Phi) is 4.47. The highest BCUT2D eigenvalue weighted by atomic mass is 35.5. The molecule has 3 N–H and O–H groups in total. The van der Waals surface area contributed by atoms with E-state index in [1.807, 2.05) is 24.3 Å². The van der Waals surface area contributed by atoms with Crippen LogP contribution < -0.4 is 10.6 Å². The predicted octanol–water partition coefficient (Wildman–Crippen LogP) is 2.27. The lowest BCUT2D eigenvalue weighted by molar-refractivity contribution is -0.143. The molecule has 0 spiro atoms. The quantitative estimate of drug-likeness (QED) is 0.730. The molecule has 1 aromatic heterocycles. The number of hydrogen-bond donors (Lipinski definition) is 3. The molecule has 126 valence electrons. The molecule has 3 rings (SSSR count). The van der Waals surface area contributed by atoms with Crippen LogP contribution in [0.5, 0.6) is 0 Å². The van der Waals surface area contributed by atoms with Crippen LogP contribution in [-0.2, 0) is 9.59 Å². The van der Waals surface area contributed by atoms with Gasteiger partial charge < -0.3 is 15.7 Å². The van der Waals surface area contributed by atoms with Gasteiger partial charge in [0.2, 0.25) is 5.91 Å². The molecule has 1 fully saturated rings. The van der Waals surface area contributed by atoms with Gasteiger partial charge in [0, 0.05) is 16.6 Å². The first-order valence-electron chi connectivity index (χ1n) is 7.38. The van der Waals surface area contributed by atoms with Crippen molar-refractivity contribution < 1.29 is 19.5 Å². The van der Waals surface area contributed by atoms with Crippen LogP contribution in [0.25, 0.3) is 10.1 Å². The van der Waals surface area contributed by atoms with Gasteiger partial charge in [-0.1, -0.05) is 29.8 Å². The maximum absolute atomic E-state index is 12.2. The second-order valence-corrected chi connectivity index (χ2v) is 7.22. The molecule has 1 aliphatic rings. The number of fused-ring (bicyclic) bond motifs is 1. The Labute approximate surface area is 146 Å². The highest BCUT2D eigenvalue weighted by Crippen LogP contribution is 2.45. The molecule has 1 aromatic carbocycles. The number of halogens is 1. The van der Waals surface area contributed by atoms with Crippen LogP contribution in [0.15, 0.2) is 24.3 Å². The lowest BCUT2D eigenvalue weighted by atomic mass is 10.1. The molecule has 2 aromatic rings. The maximum Gasteiger partial charge on any atom is 0.311 e. The van der Waals surface area contributed by atoms with E-state index in [0.29, 0.717) is 22.7 Å². The van der Waals surface area contributed by atoms with Crippen molar-refractivity contribution in [3.05, 3.63) is 34.2 Å². The second-order valence-electron chi connectivity index (χ2n) is 5.79. The zero-order valence-corrected chi connectivity index (χ0v) is 14.2. The van der Waals surface area contributed by atoms with Gasteiger partial charge >= 0.3 is 5.97 Å². The van der Waals surface area contributed by atoms with Crippen molar-refractivity contribution in [1.82, 2.24) is 10.6 Å². The molecule has 0 bridgehead atoms. The van der Waals surface area contributed by atoms with Crippen molar-refractivity contribution in [1.29, 1.82) is 0 Å². The summed E-state index contributed by atoms with van der Waals surface area (Å²) >= 11 is 7.48. The zero-order valence-electron chi connectivity index (χ0n) is 12.6. The van der Waals surface area contributed by atoms with E-state index in [4.69, 9.17) is 16.7 Å². The van der Waals surface area contributed by atoms with Gasteiger partial charge in [0.25, 0.3) is 5.91 Å². The van der Waals surface area contributed by atoms with E-state index in [2.05, 4.69) is 10.6 Å². The molecule has 2 amide bonds. The summed E-state index contributed by atoms with van der Waals surface area (Å²) in [5.41, 5.74) is -0.825. The van der Waals surface area contributed by atoms with Crippen molar-refractivity contribution in [3.63, 3.8) is 0 Å². The minimum Gasteiger partial charge on any atom is -0.481 e. The van der Waals surface area contributed by atoms with E-state index in [1.165, 1.54) is 11.3 Å². The number of aliphatic carboxylic acids is 1. The Balaban J connectivity index is 1.56. The topological polar surface area (TPSA) is 95.5 Å². The number of nitrogens with one attached hydrogen (secondary N) is 2. The van der Waals surface area contributed by atoms with Crippen LogP contribution in [0.3, 0.4) is 0 Å². The molecule has 1 heterocycles. The highest BCUT2D eigenvalue weighted by Gasteiger charge is 2.50. The van der Waals surface area contributed by atoms with Crippen LogP contribution >= 0.6 is 22.9 Å². The Morgan fingerprint density at radius 3 is 2.54 bits per heavy atom. The fourth-order valence-electron chi connectivity index (χ4n) is 2.35. The van der Waals surface area contributed by atoms with Crippen molar-refractivity contribution in [2.24, 2.45) is 5.41 Å². The number of amides is 2. The van der Waals surface area contributed by atoms with E-state index < -0.39 is 23.2 Å². The number of carboxylic acids is 1. The summed E-state index contributed by atoms with van der Waals surface area (Å²) in [4.78, 5) is 35.4. The fourth-order valence-corrected chi connectivity index (χ4v) is 3.78. The number of carbonyl (C=O) groups is 3. The Morgan fingerprint density at radius 2 is 1.92 bits per heavy atom. The molecule has 0 unspecified atom stereocenters. The number of hydrogen-bond acceptors (Lipinski definition) is 4. The maximum atomic E-state index is 12.2. The molecule has 1 saturated carbocycles. The lowest BCUT2D eigenvalue weighted by Gasteiger charge is -2.11. The average Bonchev–Trinajstić information content (AvgIpc) is 3.30. The summed E-state index contributed by atoms with van der Waals surface area (Å²) < 4.78 is 0.897. The number of rotatable bonds is 6. The number of carbonyl (C=O) groups excluding carboxylic acids is 2. The van der Waals surface area contributed by atoms with Crippen LogP contribution in [0.4, 0.5) is 0 Å².